The van der Waals surface area contributed by atoms with E-state index in [1.165, 1.54) is 35.1 Å². The first-order valence-electron chi connectivity index (χ1n) is 8.11. The number of carboxylic acid groups (broad SMARTS) is 1. The van der Waals surface area contributed by atoms with Crippen LogP contribution in [0.2, 0.25) is 0 Å². The molecular formula is C16H19N3O7. The Labute approximate surface area is 149 Å². The van der Waals surface area contributed by atoms with Crippen LogP contribution in [0.25, 0.3) is 0 Å². The van der Waals surface area contributed by atoms with Crippen LogP contribution >= 0.6 is 0 Å². The molecule has 1 aromatic carbocycles. The molecule has 3 rings (SSSR count). The smallest absolute Gasteiger partial charge is 0.410 e. The molecule has 1 N–H and O–H groups in total. The van der Waals surface area contributed by atoms with Crippen LogP contribution in [0, 0.1) is 10.1 Å². The molecule has 2 aliphatic rings. The van der Waals surface area contributed by atoms with Crippen LogP contribution in [-0.4, -0.2) is 64.4 Å². The van der Waals surface area contributed by atoms with Crippen molar-refractivity contribution in [3.63, 3.8) is 0 Å². The zero-order valence-electron chi connectivity index (χ0n) is 14.2. The lowest BCUT2D eigenvalue weighted by Gasteiger charge is -2.36. The molecule has 26 heavy (non-hydrogen) atoms. The minimum absolute atomic E-state index is 0.0853. The molecule has 0 aliphatic carbocycles. The van der Waals surface area contributed by atoms with Crippen LogP contribution in [0.3, 0.4) is 0 Å². The molecule has 1 spiro atoms. The van der Waals surface area contributed by atoms with Crippen molar-refractivity contribution in [1.82, 2.24) is 9.80 Å². The maximum Gasteiger partial charge on any atom is 0.410 e. The van der Waals surface area contributed by atoms with E-state index in [9.17, 15) is 19.7 Å². The number of nitro benzene ring substituents is 1. The molecule has 2 saturated heterocycles. The lowest BCUT2D eigenvalue weighted by Crippen LogP contribution is -2.48. The van der Waals surface area contributed by atoms with Crippen molar-refractivity contribution in [3.8, 4) is 5.75 Å². The molecule has 2 heterocycles. The van der Waals surface area contributed by atoms with Gasteiger partial charge in [0.15, 0.2) is 0 Å². The number of non-ortho nitro benzene ring substituents is 1. The Bertz CT molecular complexity index is 743. The Balaban J connectivity index is 1.74. The highest BCUT2D eigenvalue weighted by molar-refractivity contribution is 5.71. The first kappa shape index (κ1) is 17.8. The van der Waals surface area contributed by atoms with E-state index in [0.29, 0.717) is 43.8 Å². The van der Waals surface area contributed by atoms with Gasteiger partial charge in [-0.3, -0.25) is 15.0 Å². The van der Waals surface area contributed by atoms with Gasteiger partial charge >= 0.3 is 12.2 Å². The summed E-state index contributed by atoms with van der Waals surface area (Å²) >= 11 is 0. The van der Waals surface area contributed by atoms with Crippen molar-refractivity contribution in [1.29, 1.82) is 0 Å². The summed E-state index contributed by atoms with van der Waals surface area (Å²) in [6.07, 6.45) is -0.647. The third-order valence-electron chi connectivity index (χ3n) is 4.82. The van der Waals surface area contributed by atoms with E-state index in [2.05, 4.69) is 0 Å². The normalized spacial score (nSPS) is 18.7. The first-order valence-corrected chi connectivity index (χ1v) is 8.11. The van der Waals surface area contributed by atoms with Crippen molar-refractivity contribution >= 4 is 17.9 Å². The number of ether oxygens (including phenoxy) is 2. The Morgan fingerprint density at radius 3 is 2.69 bits per heavy atom. The fraction of sp³-hybridized carbons (Fsp3) is 0.500. The molecule has 2 aliphatic heterocycles. The summed E-state index contributed by atoms with van der Waals surface area (Å²) in [6.45, 7) is 1.03. The van der Waals surface area contributed by atoms with E-state index < -0.39 is 22.7 Å². The maximum absolute atomic E-state index is 12.3. The van der Waals surface area contributed by atoms with E-state index in [4.69, 9.17) is 14.6 Å². The number of likely N-dealkylation sites (tertiary alicyclic amines) is 1. The van der Waals surface area contributed by atoms with E-state index in [1.54, 1.807) is 0 Å². The van der Waals surface area contributed by atoms with Gasteiger partial charge in [-0.2, -0.15) is 0 Å². The molecule has 0 radical (unpaired) electrons. The Hall–Kier alpha value is -3.04. The highest BCUT2D eigenvalue weighted by Crippen LogP contribution is 2.35. The summed E-state index contributed by atoms with van der Waals surface area (Å²) in [4.78, 5) is 36.6. The number of carbonyl (C=O) groups is 2. The lowest BCUT2D eigenvalue weighted by atomic mass is 9.91. The monoisotopic (exact) mass is 365 g/mol. The molecule has 140 valence electrons. The van der Waals surface area contributed by atoms with Gasteiger partial charge in [0.25, 0.3) is 5.69 Å². The van der Waals surface area contributed by atoms with Crippen LogP contribution in [0.15, 0.2) is 18.2 Å². The average molecular weight is 365 g/mol. The predicted octanol–water partition coefficient (Wildman–Crippen LogP) is 2.07. The van der Waals surface area contributed by atoms with Gasteiger partial charge in [-0.15, -0.1) is 0 Å². The average Bonchev–Trinajstić information content (AvgIpc) is 2.90. The second-order valence-corrected chi connectivity index (χ2v) is 6.43. The molecule has 2 fully saturated rings. The van der Waals surface area contributed by atoms with Gasteiger partial charge in [0, 0.05) is 43.6 Å². The Morgan fingerprint density at radius 1 is 1.42 bits per heavy atom. The molecule has 0 aromatic heterocycles. The predicted molar refractivity (Wildman–Crippen MR) is 88.1 cm³/mol. The first-order chi connectivity index (χ1) is 12.3. The van der Waals surface area contributed by atoms with Crippen LogP contribution in [-0.2, 0) is 11.3 Å². The zero-order chi connectivity index (χ0) is 18.9. The summed E-state index contributed by atoms with van der Waals surface area (Å²) in [5.41, 5.74) is -0.284. The number of nitrogens with zero attached hydrogens (tertiary/aromatic N) is 3. The fourth-order valence-corrected chi connectivity index (χ4v) is 3.39. The number of rotatable bonds is 4. The SMILES string of the molecule is COc1ccc([N+](=O)[O-])cc1CN1CC2(CCN(C(=O)O)CC2)OC1=O. The van der Waals surface area contributed by atoms with Crippen molar-refractivity contribution in [2.75, 3.05) is 26.7 Å². The third kappa shape index (κ3) is 3.35. The second-order valence-electron chi connectivity index (χ2n) is 6.43. The third-order valence-corrected chi connectivity index (χ3v) is 4.82. The van der Waals surface area contributed by atoms with E-state index in [1.807, 2.05) is 0 Å². The van der Waals surface area contributed by atoms with E-state index in [0.717, 1.165) is 0 Å². The van der Waals surface area contributed by atoms with Gasteiger partial charge in [0.05, 0.1) is 25.1 Å². The molecule has 0 saturated carbocycles. The van der Waals surface area contributed by atoms with Crippen LogP contribution < -0.4 is 4.74 Å². The summed E-state index contributed by atoms with van der Waals surface area (Å²) < 4.78 is 10.8. The molecule has 0 bridgehead atoms. The van der Waals surface area contributed by atoms with Gasteiger partial charge in [0.1, 0.15) is 11.4 Å². The van der Waals surface area contributed by atoms with E-state index >= 15 is 0 Å². The molecule has 10 heteroatoms. The Morgan fingerprint density at radius 2 is 2.12 bits per heavy atom. The standard InChI is InChI=1S/C16H19N3O7/c1-25-13-3-2-12(19(23)24)8-11(13)9-18-10-16(26-15(18)22)4-6-17(7-5-16)14(20)21/h2-3,8H,4-7,9-10H2,1H3,(H,20,21). The van der Waals surface area contributed by atoms with Gasteiger partial charge in [0.2, 0.25) is 0 Å². The molecule has 0 atom stereocenters. The van der Waals surface area contributed by atoms with E-state index in [-0.39, 0.29) is 12.2 Å². The molecule has 2 amide bonds. The van der Waals surface area contributed by atoms with Crippen LogP contribution in [0.5, 0.6) is 5.75 Å². The zero-order valence-corrected chi connectivity index (χ0v) is 14.2. The molecule has 10 nitrogen and oxygen atoms in total. The number of methoxy groups -OCH3 is 1. The van der Waals surface area contributed by atoms with Gasteiger partial charge in [-0.05, 0) is 6.07 Å². The highest BCUT2D eigenvalue weighted by Gasteiger charge is 2.47. The topological polar surface area (TPSA) is 122 Å². The number of hydrogen-bond donors (Lipinski definition) is 1. The van der Waals surface area contributed by atoms with Crippen LogP contribution in [0.4, 0.5) is 15.3 Å². The highest BCUT2D eigenvalue weighted by atomic mass is 16.6. The summed E-state index contributed by atoms with van der Waals surface area (Å²) in [6, 6.07) is 4.22. The van der Waals surface area contributed by atoms with Gasteiger partial charge in [-0.25, -0.2) is 9.59 Å². The molecule has 0 unspecified atom stereocenters. The van der Waals surface area contributed by atoms with Gasteiger partial charge in [-0.1, -0.05) is 0 Å². The lowest BCUT2D eigenvalue weighted by molar-refractivity contribution is -0.384. The largest absolute Gasteiger partial charge is 0.496 e. The quantitative estimate of drug-likeness (QED) is 0.640. The minimum atomic E-state index is -0.984. The number of hydrogen-bond acceptors (Lipinski definition) is 6. The second kappa shape index (κ2) is 6.70. The number of carbonyl (C=O) groups excluding carboxylic acids is 1. The minimum Gasteiger partial charge on any atom is -0.496 e. The van der Waals surface area contributed by atoms with Crippen molar-refractivity contribution in [2.45, 2.75) is 25.0 Å². The van der Waals surface area contributed by atoms with Crippen LogP contribution in [0.1, 0.15) is 18.4 Å². The number of nitro groups is 1. The summed E-state index contributed by atoms with van der Waals surface area (Å²) in [5.74, 6) is 0.449. The molecular weight excluding hydrogens is 346 g/mol. The van der Waals surface area contributed by atoms with Crippen molar-refractivity contribution < 1.29 is 29.1 Å². The number of amides is 2. The summed E-state index contributed by atoms with van der Waals surface area (Å²) in [7, 11) is 1.45. The molecule has 1 aromatic rings. The van der Waals surface area contributed by atoms with Crippen molar-refractivity contribution in [3.05, 3.63) is 33.9 Å². The van der Waals surface area contributed by atoms with Crippen molar-refractivity contribution in [2.24, 2.45) is 0 Å². The van der Waals surface area contributed by atoms with Gasteiger partial charge < -0.3 is 19.5 Å². The number of piperidine rings is 1. The number of benzene rings is 1. The summed E-state index contributed by atoms with van der Waals surface area (Å²) in [5, 5.41) is 20.0. The maximum atomic E-state index is 12.3. The fourth-order valence-electron chi connectivity index (χ4n) is 3.39. The Kier molecular flexibility index (Phi) is 4.58.